The largest absolute Gasteiger partial charge is 0.388 e. The summed E-state index contributed by atoms with van der Waals surface area (Å²) in [5.74, 6) is 0. The van der Waals surface area contributed by atoms with Gasteiger partial charge in [0.2, 0.25) is 0 Å². The molecule has 0 amide bonds. The lowest BCUT2D eigenvalue weighted by Crippen LogP contribution is -2.01. The number of aliphatic hydroxyl groups excluding tert-OH is 1. The lowest BCUT2D eigenvalue weighted by atomic mass is 10.0. The summed E-state index contributed by atoms with van der Waals surface area (Å²) in [7, 11) is 0. The van der Waals surface area contributed by atoms with E-state index in [-0.39, 0.29) is 0 Å². The topological polar surface area (TPSA) is 20.2 Å². The standard InChI is InChI=1S/C13H13ClOS/c1-9-12(5-6-16-9)13(15)8-10-3-2-4-11(14)7-10/h2-7,13,15H,8H2,1H3. The van der Waals surface area contributed by atoms with Crippen molar-refractivity contribution in [1.82, 2.24) is 0 Å². The minimum absolute atomic E-state index is 0.440. The summed E-state index contributed by atoms with van der Waals surface area (Å²) in [6.07, 6.45) is 0.169. The zero-order valence-corrected chi connectivity index (χ0v) is 10.6. The van der Waals surface area contributed by atoms with Crippen molar-refractivity contribution in [3.63, 3.8) is 0 Å². The molecule has 1 unspecified atom stereocenters. The van der Waals surface area contributed by atoms with Crippen LogP contribution >= 0.6 is 22.9 Å². The van der Waals surface area contributed by atoms with Gasteiger partial charge in [-0.15, -0.1) is 11.3 Å². The summed E-state index contributed by atoms with van der Waals surface area (Å²) >= 11 is 7.57. The molecule has 0 fully saturated rings. The number of halogens is 1. The molecule has 1 N–H and O–H groups in total. The number of aliphatic hydroxyl groups is 1. The fourth-order valence-corrected chi connectivity index (χ4v) is 2.71. The molecule has 0 bridgehead atoms. The van der Waals surface area contributed by atoms with E-state index in [0.717, 1.165) is 11.1 Å². The van der Waals surface area contributed by atoms with Crippen LogP contribution in [0.5, 0.6) is 0 Å². The molecule has 2 rings (SSSR count). The van der Waals surface area contributed by atoms with E-state index in [1.807, 2.05) is 42.6 Å². The average Bonchev–Trinajstić information content (AvgIpc) is 2.64. The maximum absolute atomic E-state index is 10.1. The van der Waals surface area contributed by atoms with E-state index in [1.165, 1.54) is 4.88 Å². The van der Waals surface area contributed by atoms with E-state index >= 15 is 0 Å². The molecule has 0 aliphatic carbocycles. The fraction of sp³-hybridized carbons (Fsp3) is 0.231. The van der Waals surface area contributed by atoms with E-state index < -0.39 is 6.10 Å². The Labute approximate surface area is 104 Å². The highest BCUT2D eigenvalue weighted by atomic mass is 35.5. The molecule has 1 nitrogen and oxygen atoms in total. The molecule has 84 valence electrons. The van der Waals surface area contributed by atoms with Gasteiger partial charge in [-0.25, -0.2) is 0 Å². The Bertz CT molecular complexity index is 478. The number of hydrogen-bond acceptors (Lipinski definition) is 2. The average molecular weight is 253 g/mol. The monoisotopic (exact) mass is 252 g/mol. The van der Waals surface area contributed by atoms with Crippen molar-refractivity contribution in [2.24, 2.45) is 0 Å². The SMILES string of the molecule is Cc1sccc1C(O)Cc1cccc(Cl)c1. The van der Waals surface area contributed by atoms with Gasteiger partial charge in [-0.1, -0.05) is 23.7 Å². The van der Waals surface area contributed by atoms with Gasteiger partial charge in [0.15, 0.2) is 0 Å². The second kappa shape index (κ2) is 5.00. The molecule has 2 aromatic rings. The molecule has 16 heavy (non-hydrogen) atoms. The molecular weight excluding hydrogens is 240 g/mol. The molecule has 0 saturated carbocycles. The highest BCUT2D eigenvalue weighted by Crippen LogP contribution is 2.26. The summed E-state index contributed by atoms with van der Waals surface area (Å²) in [5, 5.41) is 12.8. The lowest BCUT2D eigenvalue weighted by molar-refractivity contribution is 0.178. The highest BCUT2D eigenvalue weighted by Gasteiger charge is 2.12. The van der Waals surface area contributed by atoms with Gasteiger partial charge in [-0.2, -0.15) is 0 Å². The Kier molecular flexibility index (Phi) is 3.64. The van der Waals surface area contributed by atoms with Crippen molar-refractivity contribution in [1.29, 1.82) is 0 Å². The van der Waals surface area contributed by atoms with E-state index in [0.29, 0.717) is 11.4 Å². The van der Waals surface area contributed by atoms with Gasteiger partial charge in [-0.05, 0) is 41.6 Å². The van der Waals surface area contributed by atoms with Gasteiger partial charge in [0.05, 0.1) is 6.10 Å². The molecule has 1 heterocycles. The molecule has 1 aromatic carbocycles. The van der Waals surface area contributed by atoms with Crippen LogP contribution in [0.1, 0.15) is 22.1 Å². The minimum Gasteiger partial charge on any atom is -0.388 e. The zero-order chi connectivity index (χ0) is 11.5. The minimum atomic E-state index is -0.440. The lowest BCUT2D eigenvalue weighted by Gasteiger charge is -2.10. The van der Waals surface area contributed by atoms with Crippen molar-refractivity contribution in [2.75, 3.05) is 0 Å². The summed E-state index contributed by atoms with van der Waals surface area (Å²) in [4.78, 5) is 1.18. The Morgan fingerprint density at radius 1 is 1.38 bits per heavy atom. The Morgan fingerprint density at radius 3 is 2.81 bits per heavy atom. The van der Waals surface area contributed by atoms with Crippen molar-refractivity contribution >= 4 is 22.9 Å². The summed E-state index contributed by atoms with van der Waals surface area (Å²) in [6, 6.07) is 9.61. The van der Waals surface area contributed by atoms with Gasteiger partial charge in [0.1, 0.15) is 0 Å². The van der Waals surface area contributed by atoms with E-state index in [2.05, 4.69) is 0 Å². The van der Waals surface area contributed by atoms with Gasteiger partial charge < -0.3 is 5.11 Å². The summed E-state index contributed by atoms with van der Waals surface area (Å²) in [5.41, 5.74) is 2.08. The van der Waals surface area contributed by atoms with E-state index in [9.17, 15) is 5.11 Å². The quantitative estimate of drug-likeness (QED) is 0.876. The van der Waals surface area contributed by atoms with Crippen molar-refractivity contribution < 1.29 is 5.11 Å². The first-order chi connectivity index (χ1) is 7.66. The molecule has 0 aliphatic heterocycles. The van der Waals surface area contributed by atoms with E-state index in [1.54, 1.807) is 11.3 Å². The van der Waals surface area contributed by atoms with E-state index in [4.69, 9.17) is 11.6 Å². The summed E-state index contributed by atoms with van der Waals surface area (Å²) < 4.78 is 0. The van der Waals surface area contributed by atoms with Crippen LogP contribution in [0.3, 0.4) is 0 Å². The molecule has 1 aromatic heterocycles. The number of aryl methyl sites for hydroxylation is 1. The van der Waals surface area contributed by atoms with Crippen LogP contribution in [0.2, 0.25) is 5.02 Å². The first kappa shape index (κ1) is 11.6. The van der Waals surface area contributed by atoms with Gasteiger partial charge in [0.25, 0.3) is 0 Å². The highest BCUT2D eigenvalue weighted by molar-refractivity contribution is 7.10. The maximum atomic E-state index is 10.1. The molecule has 0 spiro atoms. The van der Waals surface area contributed by atoms with Crippen molar-refractivity contribution in [2.45, 2.75) is 19.4 Å². The predicted molar refractivity (Wildman–Crippen MR) is 69.2 cm³/mol. The second-order valence-corrected chi connectivity index (χ2v) is 5.34. The van der Waals surface area contributed by atoms with Crippen LogP contribution < -0.4 is 0 Å². The first-order valence-corrected chi connectivity index (χ1v) is 6.39. The second-order valence-electron chi connectivity index (χ2n) is 3.78. The number of thiophene rings is 1. The molecule has 0 radical (unpaired) electrons. The third-order valence-electron chi connectivity index (χ3n) is 2.58. The van der Waals surface area contributed by atoms with Crippen LogP contribution in [0, 0.1) is 6.92 Å². The van der Waals surface area contributed by atoms with Gasteiger partial charge >= 0.3 is 0 Å². The molecule has 3 heteroatoms. The molecule has 1 atom stereocenters. The molecule has 0 aliphatic rings. The van der Waals surface area contributed by atoms with Gasteiger partial charge in [-0.3, -0.25) is 0 Å². The Hall–Kier alpha value is -0.830. The fourth-order valence-electron chi connectivity index (χ4n) is 1.74. The smallest absolute Gasteiger partial charge is 0.0840 e. The van der Waals surface area contributed by atoms with Crippen molar-refractivity contribution in [3.05, 3.63) is 56.7 Å². The van der Waals surface area contributed by atoms with Crippen LogP contribution in [-0.2, 0) is 6.42 Å². The Morgan fingerprint density at radius 2 is 2.19 bits per heavy atom. The predicted octanol–water partition coefficient (Wildman–Crippen LogP) is 3.99. The molecule has 0 saturated heterocycles. The molecular formula is C13H13ClOS. The van der Waals surface area contributed by atoms with Crippen LogP contribution in [0.25, 0.3) is 0 Å². The van der Waals surface area contributed by atoms with Gasteiger partial charge in [0, 0.05) is 16.3 Å². The number of rotatable bonds is 3. The maximum Gasteiger partial charge on any atom is 0.0840 e. The third-order valence-corrected chi connectivity index (χ3v) is 3.67. The summed E-state index contributed by atoms with van der Waals surface area (Å²) in [6.45, 7) is 2.03. The van der Waals surface area contributed by atoms with Crippen molar-refractivity contribution in [3.8, 4) is 0 Å². The first-order valence-electron chi connectivity index (χ1n) is 5.13. The van der Waals surface area contributed by atoms with Crippen LogP contribution in [0.15, 0.2) is 35.7 Å². The Balaban J connectivity index is 2.14. The third kappa shape index (κ3) is 2.64. The van der Waals surface area contributed by atoms with Crippen LogP contribution in [-0.4, -0.2) is 5.11 Å². The number of benzene rings is 1. The number of hydrogen-bond donors (Lipinski definition) is 1. The van der Waals surface area contributed by atoms with Crippen LogP contribution in [0.4, 0.5) is 0 Å². The normalized spacial score (nSPS) is 12.7. The zero-order valence-electron chi connectivity index (χ0n) is 8.98.